The number of aliphatic imine (C=N–C) groups is 1. The molecule has 2 rings (SSSR count). The molecule has 120 valence electrons. The summed E-state index contributed by atoms with van der Waals surface area (Å²) < 4.78 is 30.9. The number of nitrogens with one attached hydrogen (secondary N) is 2. The first-order chi connectivity index (χ1) is 10.1. The predicted octanol–water partition coefficient (Wildman–Crippen LogP) is 3.00. The third-order valence-electron chi connectivity index (χ3n) is 2.95. The molecule has 0 amide bonds. The molecule has 1 atom stereocenters. The Kier molecular flexibility index (Phi) is 7.22. The number of hydrogen-bond acceptors (Lipinski definition) is 3. The topological polar surface area (TPSA) is 62.5 Å². The lowest BCUT2D eigenvalue weighted by atomic mass is 10.1. The lowest BCUT2D eigenvalue weighted by molar-refractivity contribution is 0.410. The van der Waals surface area contributed by atoms with E-state index in [4.69, 9.17) is 4.52 Å². The second kappa shape index (κ2) is 8.66. The maximum Gasteiger partial charge on any atom is 0.191 e. The average molecular weight is 422 g/mol. The van der Waals surface area contributed by atoms with Crippen molar-refractivity contribution in [3.63, 3.8) is 0 Å². The van der Waals surface area contributed by atoms with Crippen LogP contribution in [0.15, 0.2) is 40.0 Å². The smallest absolute Gasteiger partial charge is 0.191 e. The molecule has 8 heteroatoms. The van der Waals surface area contributed by atoms with Crippen LogP contribution in [-0.2, 0) is 6.54 Å². The van der Waals surface area contributed by atoms with Crippen LogP contribution in [0.5, 0.6) is 0 Å². The van der Waals surface area contributed by atoms with E-state index in [1.54, 1.807) is 13.1 Å². The van der Waals surface area contributed by atoms with Crippen LogP contribution in [0.25, 0.3) is 0 Å². The van der Waals surface area contributed by atoms with E-state index in [2.05, 4.69) is 20.8 Å². The Bertz CT molecular complexity index is 619. The normalized spacial score (nSPS) is 12.5. The highest BCUT2D eigenvalue weighted by Gasteiger charge is 2.11. The van der Waals surface area contributed by atoms with Gasteiger partial charge in [0.1, 0.15) is 12.0 Å². The van der Waals surface area contributed by atoms with E-state index in [1.165, 1.54) is 12.3 Å². The van der Waals surface area contributed by atoms with Crippen molar-refractivity contribution in [3.8, 4) is 0 Å². The summed E-state index contributed by atoms with van der Waals surface area (Å²) in [7, 11) is 1.62. The van der Waals surface area contributed by atoms with E-state index >= 15 is 0 Å². The number of guanidine groups is 1. The van der Waals surface area contributed by atoms with E-state index < -0.39 is 11.6 Å². The van der Waals surface area contributed by atoms with Gasteiger partial charge < -0.3 is 15.2 Å². The lowest BCUT2D eigenvalue weighted by Crippen LogP contribution is -2.38. The maximum atomic E-state index is 13.2. The third kappa shape index (κ3) is 4.93. The molecule has 2 aromatic rings. The summed E-state index contributed by atoms with van der Waals surface area (Å²) in [4.78, 5) is 4.06. The van der Waals surface area contributed by atoms with Crippen LogP contribution in [0.1, 0.15) is 24.2 Å². The van der Waals surface area contributed by atoms with Crippen molar-refractivity contribution in [2.24, 2.45) is 4.99 Å². The lowest BCUT2D eigenvalue weighted by Gasteiger charge is -2.18. The van der Waals surface area contributed by atoms with E-state index in [0.29, 0.717) is 18.1 Å². The monoisotopic (exact) mass is 422 g/mol. The van der Waals surface area contributed by atoms with Crippen LogP contribution in [0.3, 0.4) is 0 Å². The highest BCUT2D eigenvalue weighted by Crippen LogP contribution is 2.15. The Morgan fingerprint density at radius 3 is 2.68 bits per heavy atom. The molecule has 0 aliphatic carbocycles. The predicted molar refractivity (Wildman–Crippen MR) is 90.0 cm³/mol. The van der Waals surface area contributed by atoms with Gasteiger partial charge >= 0.3 is 0 Å². The van der Waals surface area contributed by atoms with Gasteiger partial charge in [0, 0.05) is 13.1 Å². The summed E-state index contributed by atoms with van der Waals surface area (Å²) in [6, 6.07) is 5.30. The number of rotatable bonds is 4. The largest absolute Gasteiger partial charge is 0.364 e. The molecule has 0 saturated carbocycles. The second-order valence-electron chi connectivity index (χ2n) is 4.46. The Morgan fingerprint density at radius 2 is 2.09 bits per heavy atom. The summed E-state index contributed by atoms with van der Waals surface area (Å²) in [5.41, 5.74) is 1.36. The standard InChI is InChI=1S/C14H16F2N4O.HI/c1-9(10-3-4-12(15)13(16)7-10)19-14(17-2)18-8-11-5-6-21-20-11;/h3-7,9H,8H2,1-2H3,(H2,17,18,19);1H. The molecule has 2 N–H and O–H groups in total. The van der Waals surface area contributed by atoms with Crippen molar-refractivity contribution >= 4 is 29.9 Å². The van der Waals surface area contributed by atoms with Crippen LogP contribution < -0.4 is 10.6 Å². The summed E-state index contributed by atoms with van der Waals surface area (Å²) in [6.45, 7) is 2.27. The fraction of sp³-hybridized carbons (Fsp3) is 0.286. The zero-order valence-corrected chi connectivity index (χ0v) is 14.5. The number of aromatic nitrogens is 1. The number of nitrogens with zero attached hydrogens (tertiary/aromatic N) is 2. The van der Waals surface area contributed by atoms with E-state index in [-0.39, 0.29) is 30.0 Å². The molecule has 0 bridgehead atoms. The van der Waals surface area contributed by atoms with Crippen LogP contribution in [0.2, 0.25) is 0 Å². The minimum atomic E-state index is -0.869. The molecule has 0 spiro atoms. The van der Waals surface area contributed by atoms with Crippen LogP contribution >= 0.6 is 24.0 Å². The molecule has 1 unspecified atom stereocenters. The SMILES string of the molecule is CN=C(NCc1ccon1)NC(C)c1ccc(F)c(F)c1.I. The third-order valence-corrected chi connectivity index (χ3v) is 2.95. The molecule has 1 aromatic carbocycles. The van der Waals surface area contributed by atoms with Crippen molar-refractivity contribution in [2.75, 3.05) is 7.05 Å². The summed E-state index contributed by atoms with van der Waals surface area (Å²) in [6.07, 6.45) is 1.48. The molecule has 0 fully saturated rings. The molecule has 0 aliphatic rings. The fourth-order valence-corrected chi connectivity index (χ4v) is 1.77. The van der Waals surface area contributed by atoms with Crippen LogP contribution in [0, 0.1) is 11.6 Å². The first-order valence-electron chi connectivity index (χ1n) is 6.41. The first kappa shape index (κ1) is 18.3. The van der Waals surface area contributed by atoms with Crippen LogP contribution in [0.4, 0.5) is 8.78 Å². The van der Waals surface area contributed by atoms with Gasteiger partial charge in [-0.25, -0.2) is 8.78 Å². The van der Waals surface area contributed by atoms with E-state index in [9.17, 15) is 8.78 Å². The zero-order valence-electron chi connectivity index (χ0n) is 12.1. The van der Waals surface area contributed by atoms with Gasteiger partial charge in [-0.1, -0.05) is 11.2 Å². The second-order valence-corrected chi connectivity index (χ2v) is 4.46. The van der Waals surface area contributed by atoms with Gasteiger partial charge in [-0.2, -0.15) is 0 Å². The average Bonchev–Trinajstić information content (AvgIpc) is 2.99. The van der Waals surface area contributed by atoms with Crippen LogP contribution in [-0.4, -0.2) is 18.2 Å². The van der Waals surface area contributed by atoms with Crippen molar-refractivity contribution in [2.45, 2.75) is 19.5 Å². The van der Waals surface area contributed by atoms with Crippen molar-refractivity contribution in [1.82, 2.24) is 15.8 Å². The molecule has 1 heterocycles. The molecule has 22 heavy (non-hydrogen) atoms. The van der Waals surface area contributed by atoms with Crippen molar-refractivity contribution in [3.05, 3.63) is 53.4 Å². The molecule has 1 aromatic heterocycles. The van der Waals surface area contributed by atoms with Gasteiger partial charge in [-0.05, 0) is 24.6 Å². The Morgan fingerprint density at radius 1 is 1.32 bits per heavy atom. The minimum Gasteiger partial charge on any atom is -0.364 e. The number of benzene rings is 1. The summed E-state index contributed by atoms with van der Waals surface area (Å²) in [5.74, 6) is -1.21. The molecule has 0 radical (unpaired) electrons. The van der Waals surface area contributed by atoms with Crippen molar-refractivity contribution < 1.29 is 13.3 Å². The van der Waals surface area contributed by atoms with Gasteiger partial charge in [-0.15, -0.1) is 24.0 Å². The highest BCUT2D eigenvalue weighted by atomic mass is 127. The minimum absolute atomic E-state index is 0. The number of halogens is 3. The quantitative estimate of drug-likeness (QED) is 0.452. The number of hydrogen-bond donors (Lipinski definition) is 2. The van der Waals surface area contributed by atoms with Gasteiger partial charge in [0.15, 0.2) is 17.6 Å². The first-order valence-corrected chi connectivity index (χ1v) is 6.41. The Balaban J connectivity index is 0.00000242. The molecule has 5 nitrogen and oxygen atoms in total. The maximum absolute atomic E-state index is 13.2. The molecule has 0 aliphatic heterocycles. The van der Waals surface area contributed by atoms with E-state index in [0.717, 1.165) is 17.8 Å². The van der Waals surface area contributed by atoms with E-state index in [1.807, 2.05) is 6.92 Å². The van der Waals surface area contributed by atoms with Crippen molar-refractivity contribution in [1.29, 1.82) is 0 Å². The Hall–Kier alpha value is -1.71. The van der Waals surface area contributed by atoms with Gasteiger partial charge in [0.2, 0.25) is 0 Å². The van der Waals surface area contributed by atoms with Gasteiger partial charge in [-0.3, -0.25) is 4.99 Å². The highest BCUT2D eigenvalue weighted by molar-refractivity contribution is 14.0. The van der Waals surface area contributed by atoms with Gasteiger partial charge in [0.05, 0.1) is 12.6 Å². The summed E-state index contributed by atoms with van der Waals surface area (Å²) >= 11 is 0. The van der Waals surface area contributed by atoms with Gasteiger partial charge in [0.25, 0.3) is 0 Å². The Labute approximate surface area is 144 Å². The zero-order chi connectivity index (χ0) is 15.2. The summed E-state index contributed by atoms with van der Waals surface area (Å²) in [5, 5.41) is 9.90. The molecular weight excluding hydrogens is 405 g/mol. The fourth-order valence-electron chi connectivity index (χ4n) is 1.77. The molecule has 0 saturated heterocycles. The molecular formula is C14H17F2IN4O.